The Balaban J connectivity index is 1.49. The number of nitrogens with zero attached hydrogens (tertiary/aromatic N) is 1. The van der Waals surface area contributed by atoms with Gasteiger partial charge in [-0.25, -0.2) is 4.98 Å². The van der Waals surface area contributed by atoms with Crippen LogP contribution >= 0.6 is 34.5 Å². The Labute approximate surface area is 162 Å². The molecule has 2 aliphatic carbocycles. The standard InChI is InChI=1S/C19H21Cl2N3S/c1-18(2)12-6-7-19(18,3)9-15(12)23-24-17-22-16(10-25-17)11-4-5-13(20)14(21)8-11/h4-5,8,10,23H,6-7,9H2,1-3H3,(H,22,24). The summed E-state index contributed by atoms with van der Waals surface area (Å²) in [5, 5.41) is 3.97. The van der Waals surface area contributed by atoms with Crippen LogP contribution in [-0.2, 0) is 0 Å². The normalized spacial score (nSPS) is 24.0. The van der Waals surface area contributed by atoms with E-state index in [9.17, 15) is 0 Å². The number of nitrogens with one attached hydrogen (secondary N) is 2. The number of fused-ring (bicyclic) bond motifs is 2. The predicted molar refractivity (Wildman–Crippen MR) is 107 cm³/mol. The molecule has 1 fully saturated rings. The second kappa shape index (κ2) is 5.90. The first-order chi connectivity index (χ1) is 11.8. The van der Waals surface area contributed by atoms with E-state index >= 15 is 0 Å². The summed E-state index contributed by atoms with van der Waals surface area (Å²) in [6.07, 6.45) is 3.59. The van der Waals surface area contributed by atoms with E-state index in [0.717, 1.165) is 22.8 Å². The fourth-order valence-electron chi connectivity index (χ4n) is 4.09. The van der Waals surface area contributed by atoms with Crippen molar-refractivity contribution < 1.29 is 0 Å². The van der Waals surface area contributed by atoms with Gasteiger partial charge in [-0.15, -0.1) is 11.3 Å². The fraction of sp³-hybridized carbons (Fsp3) is 0.421. The van der Waals surface area contributed by atoms with Gasteiger partial charge in [-0.05, 0) is 47.8 Å². The summed E-state index contributed by atoms with van der Waals surface area (Å²) in [7, 11) is 0. The van der Waals surface area contributed by atoms with E-state index in [2.05, 4.69) is 36.6 Å². The van der Waals surface area contributed by atoms with Gasteiger partial charge < -0.3 is 5.43 Å². The first-order valence-corrected chi connectivity index (χ1v) is 10.1. The molecule has 0 spiro atoms. The highest BCUT2D eigenvalue weighted by Gasteiger charge is 2.54. The molecule has 25 heavy (non-hydrogen) atoms. The number of allylic oxidation sites excluding steroid dienone is 2. The van der Waals surface area contributed by atoms with Crippen LogP contribution in [0, 0.1) is 10.8 Å². The van der Waals surface area contributed by atoms with Gasteiger partial charge in [0.05, 0.1) is 15.7 Å². The number of hydrogen-bond donors (Lipinski definition) is 2. The highest BCUT2D eigenvalue weighted by Crippen LogP contribution is 2.64. The van der Waals surface area contributed by atoms with Crippen molar-refractivity contribution in [3.63, 3.8) is 0 Å². The van der Waals surface area contributed by atoms with Crippen LogP contribution in [0.5, 0.6) is 0 Å². The molecule has 1 heterocycles. The zero-order valence-corrected chi connectivity index (χ0v) is 16.9. The smallest absolute Gasteiger partial charge is 0.202 e. The second-order valence-electron chi connectivity index (χ2n) is 7.74. The second-order valence-corrected chi connectivity index (χ2v) is 9.41. The van der Waals surface area contributed by atoms with Crippen LogP contribution in [0.1, 0.15) is 40.0 Å². The molecule has 0 radical (unpaired) electrons. The van der Waals surface area contributed by atoms with Crippen molar-refractivity contribution in [1.29, 1.82) is 0 Å². The molecule has 0 saturated heterocycles. The highest BCUT2D eigenvalue weighted by molar-refractivity contribution is 7.14. The number of benzene rings is 1. The summed E-state index contributed by atoms with van der Waals surface area (Å²) in [6, 6.07) is 5.58. The number of hydrogen-bond acceptors (Lipinski definition) is 4. The number of aromatic nitrogens is 1. The van der Waals surface area contributed by atoms with Crippen molar-refractivity contribution in [3.05, 3.63) is 44.9 Å². The maximum atomic E-state index is 6.10. The highest BCUT2D eigenvalue weighted by atomic mass is 35.5. The van der Waals surface area contributed by atoms with Crippen LogP contribution in [-0.4, -0.2) is 4.98 Å². The third-order valence-corrected chi connectivity index (χ3v) is 7.66. The Kier molecular flexibility index (Phi) is 4.06. The van der Waals surface area contributed by atoms with Gasteiger partial charge in [-0.2, -0.15) is 0 Å². The van der Waals surface area contributed by atoms with Gasteiger partial charge in [0.1, 0.15) is 0 Å². The summed E-state index contributed by atoms with van der Waals surface area (Å²) in [6.45, 7) is 7.14. The van der Waals surface area contributed by atoms with Crippen LogP contribution in [0.4, 0.5) is 5.13 Å². The van der Waals surface area contributed by atoms with Gasteiger partial charge in [0.2, 0.25) is 5.13 Å². The summed E-state index contributed by atoms with van der Waals surface area (Å²) in [4.78, 5) is 4.65. The van der Waals surface area contributed by atoms with Crippen LogP contribution in [0.2, 0.25) is 10.0 Å². The van der Waals surface area contributed by atoms with Crippen LogP contribution in [0.3, 0.4) is 0 Å². The first-order valence-electron chi connectivity index (χ1n) is 8.46. The van der Waals surface area contributed by atoms with E-state index in [-0.39, 0.29) is 5.41 Å². The molecular formula is C19H21Cl2N3S. The maximum Gasteiger partial charge on any atom is 0.202 e. The number of anilines is 1. The quantitative estimate of drug-likeness (QED) is 0.580. The van der Waals surface area contributed by atoms with Gasteiger partial charge in [0.15, 0.2) is 0 Å². The molecule has 1 atom stereocenters. The molecule has 2 bridgehead atoms. The molecule has 1 aromatic carbocycles. The maximum absolute atomic E-state index is 6.10. The molecule has 3 nitrogen and oxygen atoms in total. The molecule has 0 amide bonds. The Morgan fingerprint density at radius 2 is 1.92 bits per heavy atom. The van der Waals surface area contributed by atoms with Gasteiger partial charge in [-0.1, -0.05) is 50.0 Å². The Morgan fingerprint density at radius 1 is 1.12 bits per heavy atom. The minimum absolute atomic E-state index is 0.283. The van der Waals surface area contributed by atoms with Gasteiger partial charge in [0.25, 0.3) is 0 Å². The minimum Gasteiger partial charge on any atom is -0.303 e. The fourth-order valence-corrected chi connectivity index (χ4v) is 5.06. The first kappa shape index (κ1) is 17.2. The number of hydrazine groups is 1. The Hall–Kier alpha value is -1.23. The van der Waals surface area contributed by atoms with E-state index in [1.165, 1.54) is 18.5 Å². The summed E-state index contributed by atoms with van der Waals surface area (Å²) < 4.78 is 0. The van der Waals surface area contributed by atoms with Crippen molar-refractivity contribution in [3.8, 4) is 11.3 Å². The minimum atomic E-state index is 0.283. The zero-order valence-electron chi connectivity index (χ0n) is 14.5. The SMILES string of the molecule is CC12CCC(=C(NNc3nc(-c4ccc(Cl)c(Cl)c4)cs3)C1)C2(C)C. The van der Waals surface area contributed by atoms with Crippen LogP contribution < -0.4 is 10.9 Å². The molecule has 2 N–H and O–H groups in total. The lowest BCUT2D eigenvalue weighted by molar-refractivity contribution is 0.180. The van der Waals surface area contributed by atoms with Gasteiger partial charge >= 0.3 is 0 Å². The molecule has 6 heteroatoms. The van der Waals surface area contributed by atoms with E-state index in [4.69, 9.17) is 23.2 Å². The summed E-state index contributed by atoms with van der Waals surface area (Å²) in [5.41, 5.74) is 12.1. The lowest BCUT2D eigenvalue weighted by atomic mass is 9.70. The van der Waals surface area contributed by atoms with Crippen LogP contribution in [0.25, 0.3) is 11.3 Å². The molecule has 4 rings (SSSR count). The average molecular weight is 394 g/mol. The monoisotopic (exact) mass is 393 g/mol. The Bertz CT molecular complexity index is 871. The average Bonchev–Trinajstić information content (AvgIpc) is 3.17. The molecule has 0 aliphatic heterocycles. The predicted octanol–water partition coefficient (Wildman–Crippen LogP) is 6.52. The number of thiazole rings is 1. The molecule has 132 valence electrons. The van der Waals surface area contributed by atoms with Crippen molar-refractivity contribution >= 4 is 39.7 Å². The number of halogens is 2. The number of rotatable bonds is 4. The van der Waals surface area contributed by atoms with Crippen molar-refractivity contribution in [2.24, 2.45) is 10.8 Å². The van der Waals surface area contributed by atoms with Crippen molar-refractivity contribution in [2.45, 2.75) is 40.0 Å². The van der Waals surface area contributed by atoms with E-state index < -0.39 is 0 Å². The molecule has 2 aliphatic rings. The van der Waals surface area contributed by atoms with E-state index in [1.807, 2.05) is 17.5 Å². The molecule has 1 unspecified atom stereocenters. The van der Waals surface area contributed by atoms with Gasteiger partial charge in [-0.3, -0.25) is 5.43 Å². The third-order valence-electron chi connectivity index (χ3n) is 6.16. The molecule has 1 aromatic heterocycles. The summed E-state index contributed by atoms with van der Waals surface area (Å²) in [5.74, 6) is 0. The Morgan fingerprint density at radius 3 is 2.56 bits per heavy atom. The topological polar surface area (TPSA) is 37.0 Å². The zero-order chi connectivity index (χ0) is 17.8. The summed E-state index contributed by atoms with van der Waals surface area (Å²) >= 11 is 13.7. The molecule has 1 saturated carbocycles. The third kappa shape index (κ3) is 2.75. The van der Waals surface area contributed by atoms with Gasteiger partial charge in [0, 0.05) is 16.6 Å². The van der Waals surface area contributed by atoms with Crippen molar-refractivity contribution in [2.75, 3.05) is 5.43 Å². The molecular weight excluding hydrogens is 373 g/mol. The lowest BCUT2D eigenvalue weighted by Crippen LogP contribution is -2.27. The van der Waals surface area contributed by atoms with E-state index in [1.54, 1.807) is 23.0 Å². The molecule has 2 aromatic rings. The van der Waals surface area contributed by atoms with Crippen molar-refractivity contribution in [1.82, 2.24) is 10.4 Å². The van der Waals surface area contributed by atoms with Crippen LogP contribution in [0.15, 0.2) is 34.8 Å². The van der Waals surface area contributed by atoms with E-state index in [0.29, 0.717) is 15.5 Å². The lowest BCUT2D eigenvalue weighted by Gasteiger charge is -2.33. The largest absolute Gasteiger partial charge is 0.303 e.